The molecule has 21 heavy (non-hydrogen) atoms. The lowest BCUT2D eigenvalue weighted by Gasteiger charge is -2.12. The van der Waals surface area contributed by atoms with Gasteiger partial charge in [-0.25, -0.2) is 4.79 Å². The second-order valence-electron chi connectivity index (χ2n) is 4.51. The predicted molar refractivity (Wildman–Crippen MR) is 73.7 cm³/mol. The van der Waals surface area contributed by atoms with Crippen LogP contribution in [0.15, 0.2) is 24.3 Å². The molecule has 0 unspecified atom stereocenters. The molecular formula is C14H16N2O5. The third-order valence-electron chi connectivity index (χ3n) is 3.01. The number of hydrogen-bond acceptors (Lipinski definition) is 5. The Kier molecular flexibility index (Phi) is 4.76. The maximum atomic E-state index is 11.7. The van der Waals surface area contributed by atoms with E-state index in [1.165, 1.54) is 7.11 Å². The molecule has 1 aliphatic rings. The molecule has 0 radical (unpaired) electrons. The topological polar surface area (TPSA) is 93.7 Å². The molecule has 1 saturated heterocycles. The van der Waals surface area contributed by atoms with Crippen molar-refractivity contribution in [2.24, 2.45) is 0 Å². The standard InChI is InChI=1S/C14H16N2O5/c1-20-11-5-3-2-4-9(11)15-13(18)8-21-14(19)10-6-7-12(17)16-10/h2-5,10H,6-8H2,1H3,(H,15,18)(H,16,17)/t10-/m0/s1. The van der Waals surface area contributed by atoms with Gasteiger partial charge in [0.2, 0.25) is 5.91 Å². The van der Waals surface area contributed by atoms with Gasteiger partial charge in [0.15, 0.2) is 6.61 Å². The number of nitrogens with one attached hydrogen (secondary N) is 2. The number of rotatable bonds is 5. The number of carbonyl (C=O) groups excluding carboxylic acids is 3. The molecule has 1 heterocycles. The third kappa shape index (κ3) is 3.95. The van der Waals surface area contributed by atoms with Crippen molar-refractivity contribution in [3.63, 3.8) is 0 Å². The van der Waals surface area contributed by atoms with Crippen molar-refractivity contribution in [1.82, 2.24) is 5.32 Å². The molecule has 112 valence electrons. The average Bonchev–Trinajstić information content (AvgIpc) is 2.92. The minimum Gasteiger partial charge on any atom is -0.495 e. The van der Waals surface area contributed by atoms with Crippen LogP contribution in [0.5, 0.6) is 5.75 Å². The number of anilines is 1. The second kappa shape index (κ2) is 6.74. The zero-order valence-electron chi connectivity index (χ0n) is 11.5. The van der Waals surface area contributed by atoms with Crippen molar-refractivity contribution in [2.75, 3.05) is 19.0 Å². The Morgan fingerprint density at radius 3 is 2.81 bits per heavy atom. The molecule has 1 fully saturated rings. The maximum Gasteiger partial charge on any atom is 0.329 e. The molecule has 1 aromatic carbocycles. The van der Waals surface area contributed by atoms with Gasteiger partial charge in [-0.1, -0.05) is 12.1 Å². The summed E-state index contributed by atoms with van der Waals surface area (Å²) >= 11 is 0. The fourth-order valence-corrected chi connectivity index (χ4v) is 1.96. The van der Waals surface area contributed by atoms with E-state index in [1.807, 2.05) is 0 Å². The SMILES string of the molecule is COc1ccccc1NC(=O)COC(=O)[C@@H]1CCC(=O)N1. The largest absolute Gasteiger partial charge is 0.495 e. The number of para-hydroxylation sites is 2. The Balaban J connectivity index is 1.82. The molecular weight excluding hydrogens is 276 g/mol. The first-order valence-electron chi connectivity index (χ1n) is 6.49. The third-order valence-corrected chi connectivity index (χ3v) is 3.01. The van der Waals surface area contributed by atoms with Crippen molar-refractivity contribution in [2.45, 2.75) is 18.9 Å². The average molecular weight is 292 g/mol. The van der Waals surface area contributed by atoms with Crippen molar-refractivity contribution >= 4 is 23.5 Å². The Bertz CT molecular complexity index is 558. The van der Waals surface area contributed by atoms with E-state index in [0.29, 0.717) is 24.3 Å². The van der Waals surface area contributed by atoms with Gasteiger partial charge in [-0.05, 0) is 18.6 Å². The van der Waals surface area contributed by atoms with Crippen LogP contribution in [0.2, 0.25) is 0 Å². The van der Waals surface area contributed by atoms with Gasteiger partial charge in [-0.15, -0.1) is 0 Å². The van der Waals surface area contributed by atoms with E-state index in [0.717, 1.165) is 0 Å². The lowest BCUT2D eigenvalue weighted by atomic mass is 10.2. The monoisotopic (exact) mass is 292 g/mol. The minimum atomic E-state index is -0.656. The summed E-state index contributed by atoms with van der Waals surface area (Å²) in [7, 11) is 1.49. The van der Waals surface area contributed by atoms with Gasteiger partial charge in [0.1, 0.15) is 11.8 Å². The van der Waals surface area contributed by atoms with Gasteiger partial charge < -0.3 is 20.1 Å². The Hall–Kier alpha value is -2.57. The Labute approximate surface area is 121 Å². The van der Waals surface area contributed by atoms with E-state index >= 15 is 0 Å². The summed E-state index contributed by atoms with van der Waals surface area (Å²) in [6.07, 6.45) is 0.693. The zero-order valence-corrected chi connectivity index (χ0v) is 11.5. The van der Waals surface area contributed by atoms with E-state index in [4.69, 9.17) is 9.47 Å². The number of carbonyl (C=O) groups is 3. The van der Waals surface area contributed by atoms with Crippen LogP contribution in [0.25, 0.3) is 0 Å². The molecule has 0 bridgehead atoms. The van der Waals surface area contributed by atoms with E-state index in [1.54, 1.807) is 24.3 Å². The molecule has 1 aromatic rings. The molecule has 7 nitrogen and oxygen atoms in total. The first-order chi connectivity index (χ1) is 10.1. The summed E-state index contributed by atoms with van der Waals surface area (Å²) in [5.74, 6) is -0.746. The molecule has 2 amide bonds. The van der Waals surface area contributed by atoms with Gasteiger partial charge in [0, 0.05) is 6.42 Å². The predicted octanol–water partition coefficient (Wildman–Crippen LogP) is 0.455. The van der Waals surface area contributed by atoms with Crippen LogP contribution in [0.1, 0.15) is 12.8 Å². The van der Waals surface area contributed by atoms with Crippen LogP contribution >= 0.6 is 0 Å². The van der Waals surface area contributed by atoms with E-state index in [9.17, 15) is 14.4 Å². The lowest BCUT2D eigenvalue weighted by Crippen LogP contribution is -2.36. The summed E-state index contributed by atoms with van der Waals surface area (Å²) in [5, 5.41) is 5.07. The number of benzene rings is 1. The van der Waals surface area contributed by atoms with Crippen LogP contribution < -0.4 is 15.4 Å². The van der Waals surface area contributed by atoms with Crippen LogP contribution in [0.4, 0.5) is 5.69 Å². The minimum absolute atomic E-state index is 0.185. The Morgan fingerprint density at radius 2 is 2.14 bits per heavy atom. The highest BCUT2D eigenvalue weighted by atomic mass is 16.5. The Morgan fingerprint density at radius 1 is 1.38 bits per heavy atom. The zero-order chi connectivity index (χ0) is 15.2. The fraction of sp³-hybridized carbons (Fsp3) is 0.357. The van der Waals surface area contributed by atoms with Crippen molar-refractivity contribution < 1.29 is 23.9 Å². The molecule has 0 aliphatic carbocycles. The summed E-state index contributed by atoms with van der Waals surface area (Å²) in [6, 6.07) is 6.25. The van der Waals surface area contributed by atoms with E-state index in [2.05, 4.69) is 10.6 Å². The van der Waals surface area contributed by atoms with Gasteiger partial charge in [0.25, 0.3) is 5.91 Å². The number of hydrogen-bond donors (Lipinski definition) is 2. The van der Waals surface area contributed by atoms with E-state index < -0.39 is 24.5 Å². The van der Waals surface area contributed by atoms with Crippen LogP contribution in [-0.2, 0) is 19.1 Å². The van der Waals surface area contributed by atoms with Gasteiger partial charge >= 0.3 is 5.97 Å². The normalized spacial score (nSPS) is 17.0. The summed E-state index contributed by atoms with van der Waals surface area (Å²) in [5.41, 5.74) is 0.496. The highest BCUT2D eigenvalue weighted by Crippen LogP contribution is 2.22. The summed E-state index contributed by atoms with van der Waals surface area (Å²) in [4.78, 5) is 34.4. The molecule has 0 aromatic heterocycles. The maximum absolute atomic E-state index is 11.7. The number of ether oxygens (including phenoxy) is 2. The van der Waals surface area contributed by atoms with Gasteiger partial charge in [-0.3, -0.25) is 9.59 Å². The molecule has 1 atom stereocenters. The smallest absolute Gasteiger partial charge is 0.329 e. The molecule has 1 aliphatic heterocycles. The van der Waals surface area contributed by atoms with Crippen molar-refractivity contribution in [1.29, 1.82) is 0 Å². The molecule has 0 spiro atoms. The van der Waals surface area contributed by atoms with Crippen LogP contribution in [0.3, 0.4) is 0 Å². The summed E-state index contributed by atoms with van der Waals surface area (Å²) in [6.45, 7) is -0.413. The lowest BCUT2D eigenvalue weighted by molar-refractivity contribution is -0.149. The fourth-order valence-electron chi connectivity index (χ4n) is 1.96. The highest BCUT2D eigenvalue weighted by Gasteiger charge is 2.28. The molecule has 7 heteroatoms. The van der Waals surface area contributed by atoms with E-state index in [-0.39, 0.29) is 5.91 Å². The molecule has 2 N–H and O–H groups in total. The quantitative estimate of drug-likeness (QED) is 0.769. The van der Waals surface area contributed by atoms with Crippen LogP contribution in [0, 0.1) is 0 Å². The summed E-state index contributed by atoms with van der Waals surface area (Å²) < 4.78 is 9.97. The van der Waals surface area contributed by atoms with Gasteiger partial charge in [-0.2, -0.15) is 0 Å². The highest BCUT2D eigenvalue weighted by molar-refractivity contribution is 5.95. The first kappa shape index (κ1) is 14.8. The molecule has 2 rings (SSSR count). The number of methoxy groups -OCH3 is 1. The second-order valence-corrected chi connectivity index (χ2v) is 4.51. The number of esters is 1. The van der Waals surface area contributed by atoms with Crippen LogP contribution in [-0.4, -0.2) is 37.5 Å². The first-order valence-corrected chi connectivity index (χ1v) is 6.49. The van der Waals surface area contributed by atoms with Crippen molar-refractivity contribution in [3.05, 3.63) is 24.3 Å². The van der Waals surface area contributed by atoms with Crippen molar-refractivity contribution in [3.8, 4) is 5.75 Å². The number of amides is 2. The van der Waals surface area contributed by atoms with Gasteiger partial charge in [0.05, 0.1) is 12.8 Å². The molecule has 0 saturated carbocycles.